The molecule has 0 spiro atoms. The summed E-state index contributed by atoms with van der Waals surface area (Å²) in [6.45, 7) is 0.355. The Morgan fingerprint density at radius 3 is 2.45 bits per heavy atom. The van der Waals surface area contributed by atoms with Crippen molar-refractivity contribution in [3.63, 3.8) is 0 Å². The van der Waals surface area contributed by atoms with E-state index in [1.165, 1.54) is 7.11 Å². The average Bonchev–Trinajstić information content (AvgIpc) is 2.78. The topological polar surface area (TPSA) is 77.0 Å². The molecule has 0 unspecified atom stereocenters. The van der Waals surface area contributed by atoms with Gasteiger partial charge in [-0.25, -0.2) is 9.97 Å². The van der Waals surface area contributed by atoms with Gasteiger partial charge in [0, 0.05) is 36.7 Å². The van der Waals surface area contributed by atoms with Crippen LogP contribution in [0.25, 0.3) is 11.3 Å². The summed E-state index contributed by atoms with van der Waals surface area (Å²) in [5.74, 6) is 0.610. The van der Waals surface area contributed by atoms with Gasteiger partial charge in [-0.05, 0) is 48.0 Å². The molecule has 0 saturated carbocycles. The zero-order valence-corrected chi connectivity index (χ0v) is 17.3. The Balaban J connectivity index is 1.66. The van der Waals surface area contributed by atoms with Crippen LogP contribution in [0.4, 0.5) is 13.2 Å². The molecule has 3 aromatic rings. The predicted molar refractivity (Wildman–Crippen MR) is 110 cm³/mol. The summed E-state index contributed by atoms with van der Waals surface area (Å²) in [6.07, 6.45) is -1.24. The van der Waals surface area contributed by atoms with Crippen LogP contribution in [-0.4, -0.2) is 33.7 Å². The number of nitrogens with one attached hydrogen (secondary N) is 1. The SMILES string of the molecule is COc1ccc(-c2cc(C(F)(F)F)nc(SCCC(=O)NCc3ccncc3)n2)cc1. The van der Waals surface area contributed by atoms with Gasteiger partial charge < -0.3 is 10.1 Å². The molecule has 6 nitrogen and oxygen atoms in total. The largest absolute Gasteiger partial charge is 0.497 e. The number of nitrogens with zero attached hydrogens (tertiary/aromatic N) is 3. The second kappa shape index (κ2) is 10.3. The first-order valence-corrected chi connectivity index (χ1v) is 10.2. The Morgan fingerprint density at radius 2 is 1.81 bits per heavy atom. The molecule has 0 fully saturated rings. The number of methoxy groups -OCH3 is 1. The Labute approximate surface area is 181 Å². The van der Waals surface area contributed by atoms with E-state index in [9.17, 15) is 18.0 Å². The Kier molecular flexibility index (Phi) is 7.45. The molecule has 0 aliphatic carbocycles. The minimum absolute atomic E-state index is 0.0393. The van der Waals surface area contributed by atoms with E-state index in [2.05, 4.69) is 20.3 Å². The maximum atomic E-state index is 13.3. The van der Waals surface area contributed by atoms with Crippen LogP contribution in [-0.2, 0) is 17.5 Å². The molecule has 0 radical (unpaired) electrons. The predicted octanol–water partition coefficient (Wildman–Crippen LogP) is 4.36. The highest BCUT2D eigenvalue weighted by Crippen LogP contribution is 2.32. The second-order valence-corrected chi connectivity index (χ2v) is 7.44. The summed E-state index contributed by atoms with van der Waals surface area (Å²) in [7, 11) is 1.50. The molecule has 31 heavy (non-hydrogen) atoms. The van der Waals surface area contributed by atoms with Crippen LogP contribution < -0.4 is 10.1 Å². The number of carbonyl (C=O) groups is 1. The fraction of sp³-hybridized carbons (Fsp3) is 0.238. The van der Waals surface area contributed by atoms with Gasteiger partial charge >= 0.3 is 6.18 Å². The van der Waals surface area contributed by atoms with Crippen LogP contribution in [0, 0.1) is 0 Å². The molecule has 162 valence electrons. The van der Waals surface area contributed by atoms with E-state index < -0.39 is 11.9 Å². The van der Waals surface area contributed by atoms with Crippen LogP contribution >= 0.6 is 11.8 Å². The van der Waals surface area contributed by atoms with Crippen molar-refractivity contribution in [3.8, 4) is 17.0 Å². The number of rotatable bonds is 8. The van der Waals surface area contributed by atoms with Crippen molar-refractivity contribution in [3.05, 3.63) is 66.1 Å². The van der Waals surface area contributed by atoms with Gasteiger partial charge in [0.05, 0.1) is 12.8 Å². The lowest BCUT2D eigenvalue weighted by molar-refractivity contribution is -0.141. The smallest absolute Gasteiger partial charge is 0.433 e. The number of benzene rings is 1. The molecule has 0 atom stereocenters. The lowest BCUT2D eigenvalue weighted by Crippen LogP contribution is -2.23. The second-order valence-electron chi connectivity index (χ2n) is 6.38. The van der Waals surface area contributed by atoms with Crippen molar-refractivity contribution >= 4 is 17.7 Å². The molecular formula is C21H19F3N4O2S. The minimum atomic E-state index is -4.61. The van der Waals surface area contributed by atoms with Gasteiger partial charge in [0.15, 0.2) is 5.16 Å². The molecule has 0 aliphatic heterocycles. The first-order valence-electron chi connectivity index (χ1n) is 9.24. The monoisotopic (exact) mass is 448 g/mol. The van der Waals surface area contributed by atoms with Gasteiger partial charge in [-0.15, -0.1) is 0 Å². The number of hydrogen-bond acceptors (Lipinski definition) is 6. The summed E-state index contributed by atoms with van der Waals surface area (Å²) in [5.41, 5.74) is 0.527. The van der Waals surface area contributed by atoms with Gasteiger partial charge in [0.2, 0.25) is 5.91 Å². The zero-order chi connectivity index (χ0) is 22.3. The minimum Gasteiger partial charge on any atom is -0.497 e. The highest BCUT2D eigenvalue weighted by Gasteiger charge is 2.33. The average molecular weight is 448 g/mol. The number of pyridine rings is 1. The van der Waals surface area contributed by atoms with Gasteiger partial charge in [-0.2, -0.15) is 13.2 Å². The third-order valence-electron chi connectivity index (χ3n) is 4.18. The van der Waals surface area contributed by atoms with Crippen molar-refractivity contribution in [2.75, 3.05) is 12.9 Å². The van der Waals surface area contributed by atoms with Gasteiger partial charge in [-0.3, -0.25) is 9.78 Å². The Morgan fingerprint density at radius 1 is 1.10 bits per heavy atom. The maximum absolute atomic E-state index is 13.3. The quantitative estimate of drug-likeness (QED) is 0.408. The summed E-state index contributed by atoms with van der Waals surface area (Å²) < 4.78 is 45.0. The summed E-state index contributed by atoms with van der Waals surface area (Å²) >= 11 is 0.999. The summed E-state index contributed by atoms with van der Waals surface area (Å²) in [6, 6.07) is 11.0. The Hall–Kier alpha value is -3.14. The van der Waals surface area contributed by atoms with Crippen molar-refractivity contribution < 1.29 is 22.7 Å². The number of thioether (sulfide) groups is 1. The fourth-order valence-electron chi connectivity index (χ4n) is 2.57. The fourth-order valence-corrected chi connectivity index (χ4v) is 3.37. The standard InChI is InChI=1S/C21H19F3N4O2S/c1-30-16-4-2-15(3-5-16)17-12-18(21(22,23)24)28-20(27-17)31-11-8-19(29)26-13-14-6-9-25-10-7-14/h2-7,9-10,12H,8,11,13H2,1H3,(H,26,29). The van der Waals surface area contributed by atoms with E-state index >= 15 is 0 Å². The highest BCUT2D eigenvalue weighted by molar-refractivity contribution is 7.99. The molecule has 1 amide bonds. The first kappa shape index (κ1) is 22.5. The summed E-state index contributed by atoms with van der Waals surface area (Å²) in [5, 5.41) is 2.72. The molecule has 2 aromatic heterocycles. The normalized spacial score (nSPS) is 11.2. The van der Waals surface area contributed by atoms with E-state index in [1.54, 1.807) is 48.8 Å². The van der Waals surface area contributed by atoms with E-state index in [0.717, 1.165) is 23.4 Å². The first-order chi connectivity index (χ1) is 14.8. The number of carbonyl (C=O) groups excluding carboxylic acids is 1. The molecular weight excluding hydrogens is 429 g/mol. The van der Waals surface area contributed by atoms with Crippen LogP contribution in [0.1, 0.15) is 17.7 Å². The van der Waals surface area contributed by atoms with E-state index in [1.807, 2.05) is 0 Å². The van der Waals surface area contributed by atoms with Crippen LogP contribution in [0.15, 0.2) is 60.0 Å². The van der Waals surface area contributed by atoms with E-state index in [4.69, 9.17) is 4.74 Å². The molecule has 3 rings (SSSR count). The molecule has 0 aliphatic rings. The number of hydrogen-bond donors (Lipinski definition) is 1. The number of amides is 1. The van der Waals surface area contributed by atoms with Crippen molar-refractivity contribution in [2.45, 2.75) is 24.3 Å². The van der Waals surface area contributed by atoms with Gasteiger partial charge in [0.25, 0.3) is 0 Å². The van der Waals surface area contributed by atoms with Crippen molar-refractivity contribution in [1.29, 1.82) is 0 Å². The molecule has 1 N–H and O–H groups in total. The highest BCUT2D eigenvalue weighted by atomic mass is 32.2. The van der Waals surface area contributed by atoms with Crippen LogP contribution in [0.3, 0.4) is 0 Å². The van der Waals surface area contributed by atoms with Crippen LogP contribution in [0.5, 0.6) is 5.75 Å². The Bertz CT molecular complexity index is 1020. The van der Waals surface area contributed by atoms with Crippen molar-refractivity contribution in [1.82, 2.24) is 20.3 Å². The summed E-state index contributed by atoms with van der Waals surface area (Å²) in [4.78, 5) is 23.8. The lowest BCUT2D eigenvalue weighted by atomic mass is 10.1. The molecule has 0 saturated heterocycles. The van der Waals surface area contributed by atoms with Gasteiger partial charge in [-0.1, -0.05) is 11.8 Å². The third-order valence-corrected chi connectivity index (χ3v) is 5.03. The van der Waals surface area contributed by atoms with Crippen LogP contribution in [0.2, 0.25) is 0 Å². The number of aromatic nitrogens is 3. The lowest BCUT2D eigenvalue weighted by Gasteiger charge is -2.11. The third kappa shape index (κ3) is 6.68. The number of ether oxygens (including phenoxy) is 1. The molecule has 1 aromatic carbocycles. The molecule has 10 heteroatoms. The zero-order valence-electron chi connectivity index (χ0n) is 16.5. The van der Waals surface area contributed by atoms with E-state index in [-0.39, 0.29) is 28.9 Å². The van der Waals surface area contributed by atoms with E-state index in [0.29, 0.717) is 17.9 Å². The number of halogens is 3. The molecule has 0 bridgehead atoms. The van der Waals surface area contributed by atoms with Gasteiger partial charge in [0.1, 0.15) is 11.4 Å². The maximum Gasteiger partial charge on any atom is 0.433 e. The van der Waals surface area contributed by atoms with Crippen molar-refractivity contribution in [2.24, 2.45) is 0 Å². The number of alkyl halides is 3. The molecule has 2 heterocycles.